The highest BCUT2D eigenvalue weighted by atomic mass is 19.1. The minimum Gasteiger partial charge on any atom is -0.361 e. The molecule has 0 bridgehead atoms. The van der Waals surface area contributed by atoms with Crippen molar-refractivity contribution in [3.05, 3.63) is 54.2 Å². The number of hydrogen-bond acceptors (Lipinski definition) is 4. The molecule has 0 aliphatic carbocycles. The second-order valence-electron chi connectivity index (χ2n) is 6.75. The number of H-pyrrole nitrogens is 1. The molecule has 4 rings (SSSR count). The second kappa shape index (κ2) is 8.24. The van der Waals surface area contributed by atoms with Crippen LogP contribution >= 0.6 is 0 Å². The third-order valence-electron chi connectivity index (χ3n) is 5.03. The predicted molar refractivity (Wildman–Crippen MR) is 109 cm³/mol. The molecule has 0 atom stereocenters. The monoisotopic (exact) mass is 381 g/mol. The molecule has 146 valence electrons. The second-order valence-corrected chi connectivity index (χ2v) is 6.75. The lowest BCUT2D eigenvalue weighted by Crippen LogP contribution is -2.53. The summed E-state index contributed by atoms with van der Waals surface area (Å²) in [7, 11) is 1.81. The normalized spacial score (nSPS) is 15.3. The smallest absolute Gasteiger partial charge is 0.225 e. The number of benzene rings is 1. The number of fused-ring (bicyclic) bond motifs is 1. The van der Waals surface area contributed by atoms with Gasteiger partial charge in [-0.25, -0.2) is 14.4 Å². The fraction of sp³-hybridized carbons (Fsp3) is 0.350. The summed E-state index contributed by atoms with van der Waals surface area (Å²) in [5.74, 6) is 1.46. The van der Waals surface area contributed by atoms with Crippen LogP contribution in [0.4, 0.5) is 10.3 Å². The lowest BCUT2D eigenvalue weighted by Gasteiger charge is -2.36. The molecule has 3 heterocycles. The zero-order chi connectivity index (χ0) is 19.3. The third kappa shape index (κ3) is 3.90. The summed E-state index contributed by atoms with van der Waals surface area (Å²) in [5, 5.41) is 4.51. The molecule has 1 aliphatic rings. The lowest BCUT2D eigenvalue weighted by atomic mass is 10.1. The Morgan fingerprint density at radius 3 is 2.75 bits per heavy atom. The SMILES string of the molecule is CN=C(NCCc1c[nH]c2cc(F)ccc12)N1CCN(c2ncccn2)CC1. The van der Waals surface area contributed by atoms with E-state index in [1.807, 2.05) is 25.4 Å². The van der Waals surface area contributed by atoms with Crippen LogP contribution < -0.4 is 10.2 Å². The van der Waals surface area contributed by atoms with Gasteiger partial charge in [-0.15, -0.1) is 0 Å². The van der Waals surface area contributed by atoms with E-state index in [0.717, 1.165) is 62.0 Å². The van der Waals surface area contributed by atoms with Crippen molar-refractivity contribution < 1.29 is 4.39 Å². The first-order chi connectivity index (χ1) is 13.7. The number of aromatic nitrogens is 3. The van der Waals surface area contributed by atoms with E-state index in [9.17, 15) is 4.39 Å². The maximum Gasteiger partial charge on any atom is 0.225 e. The van der Waals surface area contributed by atoms with Gasteiger partial charge in [-0.3, -0.25) is 4.99 Å². The number of aliphatic imine (C=N–C) groups is 1. The Bertz CT molecular complexity index is 946. The maximum absolute atomic E-state index is 13.3. The number of halogens is 1. The fourth-order valence-corrected chi connectivity index (χ4v) is 3.58. The maximum atomic E-state index is 13.3. The molecule has 2 aromatic heterocycles. The van der Waals surface area contributed by atoms with Gasteiger partial charge in [-0.05, 0) is 36.2 Å². The Morgan fingerprint density at radius 1 is 1.21 bits per heavy atom. The molecule has 1 aromatic carbocycles. The van der Waals surface area contributed by atoms with Gasteiger partial charge in [0.05, 0.1) is 0 Å². The molecule has 0 spiro atoms. The minimum atomic E-state index is -0.223. The van der Waals surface area contributed by atoms with Crippen LogP contribution in [0.5, 0.6) is 0 Å². The Labute approximate surface area is 163 Å². The van der Waals surface area contributed by atoms with Crippen LogP contribution in [0.1, 0.15) is 5.56 Å². The molecule has 3 aromatic rings. The van der Waals surface area contributed by atoms with Gasteiger partial charge in [0.1, 0.15) is 5.82 Å². The summed E-state index contributed by atoms with van der Waals surface area (Å²) >= 11 is 0. The Hall–Kier alpha value is -3.16. The van der Waals surface area contributed by atoms with Crippen LogP contribution in [0.25, 0.3) is 10.9 Å². The summed E-state index contributed by atoms with van der Waals surface area (Å²) < 4.78 is 13.3. The van der Waals surface area contributed by atoms with Crippen LogP contribution in [-0.4, -0.2) is 65.6 Å². The van der Waals surface area contributed by atoms with Gasteiger partial charge in [0.25, 0.3) is 0 Å². The first kappa shape index (κ1) is 18.2. The first-order valence-electron chi connectivity index (χ1n) is 9.47. The van der Waals surface area contributed by atoms with Gasteiger partial charge >= 0.3 is 0 Å². The van der Waals surface area contributed by atoms with E-state index < -0.39 is 0 Å². The van der Waals surface area contributed by atoms with Crippen LogP contribution in [0, 0.1) is 5.82 Å². The number of piperazine rings is 1. The third-order valence-corrected chi connectivity index (χ3v) is 5.03. The van der Waals surface area contributed by atoms with Crippen LogP contribution in [0.15, 0.2) is 47.8 Å². The van der Waals surface area contributed by atoms with Crippen LogP contribution in [0.3, 0.4) is 0 Å². The zero-order valence-corrected chi connectivity index (χ0v) is 15.9. The van der Waals surface area contributed by atoms with E-state index in [-0.39, 0.29) is 5.82 Å². The summed E-state index contributed by atoms with van der Waals surface area (Å²) in [4.78, 5) is 20.7. The van der Waals surface area contributed by atoms with Crippen molar-refractivity contribution in [1.29, 1.82) is 0 Å². The van der Waals surface area contributed by atoms with E-state index in [0.29, 0.717) is 0 Å². The van der Waals surface area contributed by atoms with Crippen molar-refractivity contribution in [2.75, 3.05) is 44.7 Å². The Balaban J connectivity index is 1.30. The van der Waals surface area contributed by atoms with Gasteiger partial charge in [-0.2, -0.15) is 0 Å². The molecule has 7 nitrogen and oxygen atoms in total. The molecule has 28 heavy (non-hydrogen) atoms. The summed E-state index contributed by atoms with van der Waals surface area (Å²) in [6, 6.07) is 6.69. The highest BCUT2D eigenvalue weighted by Crippen LogP contribution is 2.19. The Morgan fingerprint density at radius 2 is 2.00 bits per heavy atom. The van der Waals surface area contributed by atoms with Crippen molar-refractivity contribution in [3.63, 3.8) is 0 Å². The summed E-state index contributed by atoms with van der Waals surface area (Å²) in [5.41, 5.74) is 2.00. The number of guanidine groups is 1. The number of nitrogens with one attached hydrogen (secondary N) is 2. The first-order valence-corrected chi connectivity index (χ1v) is 9.47. The van der Waals surface area contributed by atoms with E-state index in [2.05, 4.69) is 35.1 Å². The number of aromatic amines is 1. The molecular formula is C20H24FN7. The minimum absolute atomic E-state index is 0.223. The summed E-state index contributed by atoms with van der Waals surface area (Å²) in [6.45, 7) is 4.21. The van der Waals surface area contributed by atoms with Gasteiger partial charge in [0, 0.05) is 69.3 Å². The average Bonchev–Trinajstić information content (AvgIpc) is 3.14. The predicted octanol–water partition coefficient (Wildman–Crippen LogP) is 2.04. The molecule has 0 radical (unpaired) electrons. The topological polar surface area (TPSA) is 72.4 Å². The molecule has 0 saturated carbocycles. The van der Waals surface area contributed by atoms with Crippen molar-refractivity contribution in [1.82, 2.24) is 25.2 Å². The number of rotatable bonds is 4. The van der Waals surface area contributed by atoms with Crippen molar-refractivity contribution in [2.45, 2.75) is 6.42 Å². The number of anilines is 1. The molecule has 1 aliphatic heterocycles. The zero-order valence-electron chi connectivity index (χ0n) is 15.9. The van der Waals surface area contributed by atoms with Gasteiger partial charge < -0.3 is 20.1 Å². The van der Waals surface area contributed by atoms with E-state index in [1.54, 1.807) is 12.4 Å². The fourth-order valence-electron chi connectivity index (χ4n) is 3.58. The molecule has 2 N–H and O–H groups in total. The Kier molecular flexibility index (Phi) is 5.36. The summed E-state index contributed by atoms with van der Waals surface area (Å²) in [6.07, 6.45) is 6.33. The molecule has 0 unspecified atom stereocenters. The molecule has 8 heteroatoms. The van der Waals surface area contributed by atoms with Crippen molar-refractivity contribution in [3.8, 4) is 0 Å². The molecule has 0 amide bonds. The largest absolute Gasteiger partial charge is 0.361 e. The van der Waals surface area contributed by atoms with Crippen LogP contribution in [0.2, 0.25) is 0 Å². The van der Waals surface area contributed by atoms with Crippen LogP contribution in [-0.2, 0) is 6.42 Å². The average molecular weight is 381 g/mol. The van der Waals surface area contributed by atoms with Gasteiger partial charge in [0.2, 0.25) is 5.95 Å². The van der Waals surface area contributed by atoms with Gasteiger partial charge in [0.15, 0.2) is 5.96 Å². The standard InChI is InChI=1S/C20H24FN7/c1-22-19(27-9-11-28(12-10-27)20-23-6-2-7-24-20)25-8-5-15-14-26-18-13-16(21)3-4-17(15)18/h2-4,6-7,13-14,26H,5,8-12H2,1H3,(H,22,25). The lowest BCUT2D eigenvalue weighted by molar-refractivity contribution is 0.370. The highest BCUT2D eigenvalue weighted by molar-refractivity contribution is 5.83. The number of nitrogens with zero attached hydrogens (tertiary/aromatic N) is 5. The van der Waals surface area contributed by atoms with E-state index >= 15 is 0 Å². The van der Waals surface area contributed by atoms with E-state index in [4.69, 9.17) is 0 Å². The number of hydrogen-bond donors (Lipinski definition) is 2. The molecular weight excluding hydrogens is 357 g/mol. The van der Waals surface area contributed by atoms with Gasteiger partial charge in [-0.1, -0.05) is 0 Å². The quantitative estimate of drug-likeness (QED) is 0.535. The van der Waals surface area contributed by atoms with Crippen molar-refractivity contribution >= 4 is 22.8 Å². The molecule has 1 saturated heterocycles. The molecule has 1 fully saturated rings. The van der Waals surface area contributed by atoms with Crippen molar-refractivity contribution in [2.24, 2.45) is 4.99 Å². The highest BCUT2D eigenvalue weighted by Gasteiger charge is 2.21. The van der Waals surface area contributed by atoms with E-state index in [1.165, 1.54) is 17.7 Å².